The molecule has 0 aliphatic heterocycles. The summed E-state index contributed by atoms with van der Waals surface area (Å²) in [5.41, 5.74) is 8.94. The Hall–Kier alpha value is -4.43. The van der Waals surface area contributed by atoms with E-state index in [4.69, 9.17) is 15.2 Å². The smallest absolute Gasteiger partial charge is 0.326 e. The molecule has 1 atom stereocenters. The van der Waals surface area contributed by atoms with Gasteiger partial charge in [-0.15, -0.1) is 0 Å². The third-order valence-electron chi connectivity index (χ3n) is 5.41. The van der Waals surface area contributed by atoms with Crippen molar-refractivity contribution >= 4 is 11.8 Å². The van der Waals surface area contributed by atoms with E-state index in [-0.39, 0.29) is 6.42 Å². The molecule has 1 heterocycles. The van der Waals surface area contributed by atoms with E-state index in [9.17, 15) is 9.90 Å². The molecule has 0 bridgehead atoms. The third-order valence-corrected chi connectivity index (χ3v) is 5.41. The van der Waals surface area contributed by atoms with E-state index < -0.39 is 12.0 Å². The first-order chi connectivity index (χ1) is 17.6. The lowest BCUT2D eigenvalue weighted by Gasteiger charge is -2.16. The molecular formula is C28H28N4O4. The van der Waals surface area contributed by atoms with E-state index in [0.29, 0.717) is 37.0 Å². The summed E-state index contributed by atoms with van der Waals surface area (Å²) in [6, 6.07) is 25.7. The zero-order valence-electron chi connectivity index (χ0n) is 19.7. The summed E-state index contributed by atoms with van der Waals surface area (Å²) in [4.78, 5) is 20.5. The molecule has 0 unspecified atom stereocenters. The van der Waals surface area contributed by atoms with Gasteiger partial charge in [0.1, 0.15) is 42.9 Å². The molecule has 184 valence electrons. The Balaban J connectivity index is 1.41. The molecule has 36 heavy (non-hydrogen) atoms. The molecule has 0 amide bonds. The summed E-state index contributed by atoms with van der Waals surface area (Å²) >= 11 is 0. The second-order valence-electron chi connectivity index (χ2n) is 8.11. The molecular weight excluding hydrogens is 456 g/mol. The Morgan fingerprint density at radius 3 is 2.42 bits per heavy atom. The lowest BCUT2D eigenvalue weighted by molar-refractivity contribution is -0.137. The molecule has 0 aliphatic rings. The largest absolute Gasteiger partial charge is 0.492 e. The molecule has 8 nitrogen and oxygen atoms in total. The van der Waals surface area contributed by atoms with Gasteiger partial charge in [0.15, 0.2) is 0 Å². The number of rotatable bonds is 12. The van der Waals surface area contributed by atoms with Crippen LogP contribution in [-0.4, -0.2) is 40.2 Å². The van der Waals surface area contributed by atoms with Crippen LogP contribution in [0.4, 0.5) is 5.82 Å². The lowest BCUT2D eigenvalue weighted by atomic mass is 10.1. The van der Waals surface area contributed by atoms with Gasteiger partial charge in [-0.2, -0.15) is 0 Å². The van der Waals surface area contributed by atoms with Crippen molar-refractivity contribution in [2.75, 3.05) is 18.5 Å². The van der Waals surface area contributed by atoms with E-state index in [0.717, 1.165) is 22.4 Å². The minimum absolute atomic E-state index is 0.252. The number of aliphatic carboxylic acids is 1. The van der Waals surface area contributed by atoms with Crippen LogP contribution >= 0.6 is 0 Å². The number of nitrogens with zero attached hydrogens (tertiary/aromatic N) is 2. The highest BCUT2D eigenvalue weighted by Crippen LogP contribution is 2.23. The van der Waals surface area contributed by atoms with Crippen LogP contribution < -0.4 is 20.5 Å². The first kappa shape index (κ1) is 24.7. The number of benzene rings is 3. The van der Waals surface area contributed by atoms with Gasteiger partial charge in [-0.3, -0.25) is 0 Å². The molecule has 3 aromatic carbocycles. The van der Waals surface area contributed by atoms with Gasteiger partial charge in [-0.25, -0.2) is 14.8 Å². The number of aromatic nitrogens is 2. The van der Waals surface area contributed by atoms with Crippen LogP contribution in [0.3, 0.4) is 0 Å². The topological polar surface area (TPSA) is 120 Å². The van der Waals surface area contributed by atoms with Gasteiger partial charge in [0, 0.05) is 24.6 Å². The van der Waals surface area contributed by atoms with Crippen LogP contribution in [-0.2, 0) is 17.8 Å². The zero-order chi connectivity index (χ0) is 25.2. The number of carboxylic acids is 1. The summed E-state index contributed by atoms with van der Waals surface area (Å²) in [6.07, 6.45) is 1.67. The van der Waals surface area contributed by atoms with Gasteiger partial charge in [-0.1, -0.05) is 42.5 Å². The maximum absolute atomic E-state index is 12.0. The van der Waals surface area contributed by atoms with E-state index in [1.807, 2.05) is 78.9 Å². The fraction of sp³-hybridized carbons (Fsp3) is 0.179. The van der Waals surface area contributed by atoms with Crippen molar-refractivity contribution < 1.29 is 19.4 Å². The molecule has 0 spiro atoms. The Labute approximate surface area is 209 Å². The highest BCUT2D eigenvalue weighted by molar-refractivity contribution is 5.77. The monoisotopic (exact) mass is 484 g/mol. The number of anilines is 1. The molecule has 8 heteroatoms. The normalized spacial score (nSPS) is 11.5. The van der Waals surface area contributed by atoms with Gasteiger partial charge < -0.3 is 25.6 Å². The van der Waals surface area contributed by atoms with Crippen molar-refractivity contribution in [2.45, 2.75) is 19.1 Å². The Morgan fingerprint density at radius 1 is 0.889 bits per heavy atom. The number of hydrogen-bond acceptors (Lipinski definition) is 7. The molecule has 4 rings (SSSR count). The van der Waals surface area contributed by atoms with Crippen LogP contribution in [0.1, 0.15) is 11.1 Å². The van der Waals surface area contributed by atoms with E-state index in [2.05, 4.69) is 15.3 Å². The molecule has 0 fully saturated rings. The van der Waals surface area contributed by atoms with Crippen molar-refractivity contribution in [3.8, 4) is 22.8 Å². The van der Waals surface area contributed by atoms with E-state index >= 15 is 0 Å². The fourth-order valence-corrected chi connectivity index (χ4v) is 3.61. The molecule has 0 saturated heterocycles. The van der Waals surface area contributed by atoms with Crippen LogP contribution in [0.2, 0.25) is 0 Å². The van der Waals surface area contributed by atoms with Gasteiger partial charge in [0.05, 0.1) is 5.69 Å². The predicted octanol–water partition coefficient (Wildman–Crippen LogP) is 4.17. The van der Waals surface area contributed by atoms with Crippen LogP contribution in [0.15, 0.2) is 91.3 Å². The number of carbonyl (C=O) groups is 1. The third kappa shape index (κ3) is 7.04. The second-order valence-corrected chi connectivity index (χ2v) is 8.11. The van der Waals surface area contributed by atoms with Gasteiger partial charge in [0.2, 0.25) is 0 Å². The fourth-order valence-electron chi connectivity index (χ4n) is 3.61. The first-order valence-electron chi connectivity index (χ1n) is 11.6. The predicted molar refractivity (Wildman–Crippen MR) is 138 cm³/mol. The molecule has 4 N–H and O–H groups in total. The number of carboxylic acid groups (broad SMARTS) is 1. The number of ether oxygens (including phenoxy) is 2. The van der Waals surface area contributed by atoms with E-state index in [1.165, 1.54) is 6.33 Å². The number of hydrogen-bond donors (Lipinski definition) is 3. The summed E-state index contributed by atoms with van der Waals surface area (Å²) in [5.74, 6) is 0.844. The summed E-state index contributed by atoms with van der Waals surface area (Å²) in [5, 5.41) is 12.8. The highest BCUT2D eigenvalue weighted by Gasteiger charge is 2.19. The van der Waals surface area contributed by atoms with Crippen molar-refractivity contribution in [1.29, 1.82) is 0 Å². The quantitative estimate of drug-likeness (QED) is 0.274. The first-order valence-corrected chi connectivity index (χ1v) is 11.6. The maximum atomic E-state index is 12.0. The van der Waals surface area contributed by atoms with Crippen molar-refractivity contribution in [3.63, 3.8) is 0 Å². The molecule has 0 saturated carbocycles. The van der Waals surface area contributed by atoms with Crippen LogP contribution in [0, 0.1) is 0 Å². The van der Waals surface area contributed by atoms with Gasteiger partial charge in [-0.05, 0) is 47.5 Å². The molecule has 0 radical (unpaired) electrons. The van der Waals surface area contributed by atoms with Gasteiger partial charge >= 0.3 is 5.97 Å². The summed E-state index contributed by atoms with van der Waals surface area (Å²) in [7, 11) is 0. The number of nitrogens with two attached hydrogens (primary N) is 1. The zero-order valence-corrected chi connectivity index (χ0v) is 19.7. The number of nitrogens with one attached hydrogen (secondary N) is 1. The second kappa shape index (κ2) is 12.3. The maximum Gasteiger partial charge on any atom is 0.326 e. The molecule has 4 aromatic rings. The van der Waals surface area contributed by atoms with Crippen molar-refractivity contribution in [2.24, 2.45) is 5.73 Å². The Kier molecular flexibility index (Phi) is 8.45. The standard InChI is InChI=1S/C28H28N4O4/c29-13-14-35-24-8-4-7-21(15-24)16-26(28(33)34)32-27-17-25(30-19-31-27)22-9-11-23(12-10-22)36-18-20-5-2-1-3-6-20/h1-12,15,17,19,26H,13-14,16,18,29H2,(H,33,34)(H,30,31,32)/t26-/m0/s1. The minimum Gasteiger partial charge on any atom is -0.492 e. The van der Waals surface area contributed by atoms with Crippen molar-refractivity contribution in [1.82, 2.24) is 9.97 Å². The lowest BCUT2D eigenvalue weighted by Crippen LogP contribution is -2.32. The Morgan fingerprint density at radius 2 is 1.67 bits per heavy atom. The van der Waals surface area contributed by atoms with E-state index in [1.54, 1.807) is 6.07 Å². The summed E-state index contributed by atoms with van der Waals surface area (Å²) < 4.78 is 11.4. The van der Waals surface area contributed by atoms with Crippen LogP contribution in [0.25, 0.3) is 11.3 Å². The average Bonchev–Trinajstić information content (AvgIpc) is 2.91. The van der Waals surface area contributed by atoms with Gasteiger partial charge in [0.25, 0.3) is 0 Å². The molecule has 0 aliphatic carbocycles. The summed E-state index contributed by atoms with van der Waals surface area (Å²) in [6.45, 7) is 1.29. The average molecular weight is 485 g/mol. The Bertz CT molecular complexity index is 1270. The SMILES string of the molecule is NCCOc1cccc(C[C@H](Nc2cc(-c3ccc(OCc4ccccc4)cc3)ncn2)C(=O)O)c1. The molecule has 1 aromatic heterocycles. The van der Waals surface area contributed by atoms with Crippen LogP contribution in [0.5, 0.6) is 11.5 Å². The minimum atomic E-state index is -0.983. The van der Waals surface area contributed by atoms with Crippen molar-refractivity contribution in [3.05, 3.63) is 102 Å². The highest BCUT2D eigenvalue weighted by atomic mass is 16.5.